The highest BCUT2D eigenvalue weighted by molar-refractivity contribution is 5.46. The van der Waals surface area contributed by atoms with Gasteiger partial charge in [-0.15, -0.1) is 0 Å². The van der Waals surface area contributed by atoms with Crippen LogP contribution in [0.4, 0.5) is 0 Å². The zero-order valence-electron chi connectivity index (χ0n) is 9.12. The number of hydrogen-bond donors (Lipinski definition) is 3. The summed E-state index contributed by atoms with van der Waals surface area (Å²) in [6.45, 7) is 4.01. The number of phenols is 2. The van der Waals surface area contributed by atoms with E-state index in [1.54, 1.807) is 6.07 Å². The smallest absolute Gasteiger partial charge is 0.157 e. The molecule has 1 aromatic carbocycles. The van der Waals surface area contributed by atoms with Crippen LogP contribution in [0.5, 0.6) is 11.5 Å². The van der Waals surface area contributed by atoms with E-state index in [0.29, 0.717) is 0 Å². The highest BCUT2D eigenvalue weighted by Gasteiger charge is 2.53. The standard InChI is InChI=1S/C12H17NO2/c1-11(2,13)12(5-6-12)8-3-4-9(14)10(15)7-8/h3-4,7,14-15H,5-6,13H2,1-2H3. The van der Waals surface area contributed by atoms with Gasteiger partial charge in [0.2, 0.25) is 0 Å². The molecule has 2 rings (SSSR count). The van der Waals surface area contributed by atoms with E-state index in [1.165, 1.54) is 6.07 Å². The molecule has 0 amide bonds. The van der Waals surface area contributed by atoms with Gasteiger partial charge in [-0.1, -0.05) is 6.07 Å². The fourth-order valence-corrected chi connectivity index (χ4v) is 2.25. The molecule has 1 aliphatic rings. The van der Waals surface area contributed by atoms with E-state index in [-0.39, 0.29) is 22.5 Å². The van der Waals surface area contributed by atoms with E-state index in [2.05, 4.69) is 0 Å². The quantitative estimate of drug-likeness (QED) is 0.648. The van der Waals surface area contributed by atoms with Crippen LogP contribution in [0.25, 0.3) is 0 Å². The third-order valence-electron chi connectivity index (χ3n) is 3.51. The molecular weight excluding hydrogens is 190 g/mol. The van der Waals surface area contributed by atoms with Crippen molar-refractivity contribution >= 4 is 0 Å². The molecule has 3 heteroatoms. The summed E-state index contributed by atoms with van der Waals surface area (Å²) in [4.78, 5) is 0. The Bertz CT molecular complexity index is 389. The van der Waals surface area contributed by atoms with Crippen LogP contribution >= 0.6 is 0 Å². The molecule has 0 spiro atoms. The number of benzene rings is 1. The second kappa shape index (κ2) is 2.89. The maximum absolute atomic E-state index is 9.47. The summed E-state index contributed by atoms with van der Waals surface area (Å²) in [5.41, 5.74) is 6.85. The molecule has 1 aromatic rings. The Morgan fingerprint density at radius 2 is 1.80 bits per heavy atom. The van der Waals surface area contributed by atoms with Gasteiger partial charge in [0.1, 0.15) is 0 Å². The van der Waals surface area contributed by atoms with Crippen LogP contribution in [0.15, 0.2) is 18.2 Å². The van der Waals surface area contributed by atoms with E-state index in [1.807, 2.05) is 19.9 Å². The highest BCUT2D eigenvalue weighted by atomic mass is 16.3. The maximum Gasteiger partial charge on any atom is 0.157 e. The fourth-order valence-electron chi connectivity index (χ4n) is 2.25. The summed E-state index contributed by atoms with van der Waals surface area (Å²) < 4.78 is 0. The molecular formula is C12H17NO2. The minimum Gasteiger partial charge on any atom is -0.504 e. The second-order valence-electron chi connectivity index (χ2n) is 5.01. The Labute approximate surface area is 89.5 Å². The molecule has 0 saturated heterocycles. The van der Waals surface area contributed by atoms with Crippen LogP contribution in [0.3, 0.4) is 0 Å². The molecule has 1 aliphatic carbocycles. The Balaban J connectivity index is 2.43. The van der Waals surface area contributed by atoms with Crippen LogP contribution < -0.4 is 5.73 Å². The lowest BCUT2D eigenvalue weighted by atomic mass is 9.79. The van der Waals surface area contributed by atoms with Crippen molar-refractivity contribution < 1.29 is 10.2 Å². The van der Waals surface area contributed by atoms with Gasteiger partial charge in [-0.2, -0.15) is 0 Å². The van der Waals surface area contributed by atoms with Gasteiger partial charge in [-0.3, -0.25) is 0 Å². The largest absolute Gasteiger partial charge is 0.504 e. The summed E-state index contributed by atoms with van der Waals surface area (Å²) in [6, 6.07) is 4.99. The number of hydrogen-bond acceptors (Lipinski definition) is 3. The predicted octanol–water partition coefficient (Wildman–Crippen LogP) is 1.87. The van der Waals surface area contributed by atoms with Crippen molar-refractivity contribution in [1.29, 1.82) is 0 Å². The van der Waals surface area contributed by atoms with E-state index in [0.717, 1.165) is 18.4 Å². The summed E-state index contributed by atoms with van der Waals surface area (Å²) in [7, 11) is 0. The monoisotopic (exact) mass is 207 g/mol. The van der Waals surface area contributed by atoms with E-state index < -0.39 is 0 Å². The summed E-state index contributed by atoms with van der Waals surface area (Å²) in [6.07, 6.45) is 2.08. The van der Waals surface area contributed by atoms with Crippen LogP contribution in [0, 0.1) is 0 Å². The molecule has 15 heavy (non-hydrogen) atoms. The molecule has 1 saturated carbocycles. The van der Waals surface area contributed by atoms with Gasteiger partial charge >= 0.3 is 0 Å². The molecule has 4 N–H and O–H groups in total. The van der Waals surface area contributed by atoms with Crippen molar-refractivity contribution in [1.82, 2.24) is 0 Å². The minimum atomic E-state index is -0.295. The van der Waals surface area contributed by atoms with Crippen LogP contribution in [0.2, 0.25) is 0 Å². The van der Waals surface area contributed by atoms with Crippen molar-refractivity contribution in [3.05, 3.63) is 23.8 Å². The maximum atomic E-state index is 9.47. The summed E-state index contributed by atoms with van der Waals surface area (Å²) in [5, 5.41) is 18.7. The van der Waals surface area contributed by atoms with E-state index >= 15 is 0 Å². The fraction of sp³-hybridized carbons (Fsp3) is 0.500. The Morgan fingerprint density at radius 1 is 1.20 bits per heavy atom. The highest BCUT2D eigenvalue weighted by Crippen LogP contribution is 2.55. The lowest BCUT2D eigenvalue weighted by Crippen LogP contribution is -2.45. The number of aromatic hydroxyl groups is 2. The Hall–Kier alpha value is -1.22. The first-order valence-electron chi connectivity index (χ1n) is 5.18. The Morgan fingerprint density at radius 3 is 2.20 bits per heavy atom. The molecule has 0 unspecified atom stereocenters. The van der Waals surface area contributed by atoms with Crippen LogP contribution in [0.1, 0.15) is 32.3 Å². The van der Waals surface area contributed by atoms with Crippen molar-refractivity contribution in [2.75, 3.05) is 0 Å². The zero-order chi connectivity index (χ0) is 11.3. The van der Waals surface area contributed by atoms with E-state index in [4.69, 9.17) is 5.73 Å². The summed E-state index contributed by atoms with van der Waals surface area (Å²) in [5.74, 6) is -0.146. The molecule has 1 fully saturated rings. The molecule has 0 heterocycles. The average Bonchev–Trinajstić information content (AvgIpc) is 2.88. The van der Waals surface area contributed by atoms with Gasteiger partial charge in [0.15, 0.2) is 11.5 Å². The van der Waals surface area contributed by atoms with Gasteiger partial charge in [-0.05, 0) is 44.4 Å². The van der Waals surface area contributed by atoms with Gasteiger partial charge in [-0.25, -0.2) is 0 Å². The van der Waals surface area contributed by atoms with Crippen LogP contribution in [-0.2, 0) is 5.41 Å². The molecule has 0 radical (unpaired) electrons. The molecule has 0 aromatic heterocycles. The normalized spacial score (nSPS) is 18.9. The van der Waals surface area contributed by atoms with Crippen LogP contribution in [-0.4, -0.2) is 15.8 Å². The van der Waals surface area contributed by atoms with Crippen molar-refractivity contribution in [2.24, 2.45) is 5.73 Å². The van der Waals surface area contributed by atoms with Crippen molar-refractivity contribution in [3.63, 3.8) is 0 Å². The number of rotatable bonds is 2. The predicted molar refractivity (Wildman–Crippen MR) is 59.0 cm³/mol. The summed E-state index contributed by atoms with van der Waals surface area (Å²) >= 11 is 0. The van der Waals surface area contributed by atoms with Gasteiger partial charge in [0.05, 0.1) is 0 Å². The molecule has 82 valence electrons. The first-order valence-corrected chi connectivity index (χ1v) is 5.18. The van der Waals surface area contributed by atoms with Gasteiger partial charge in [0.25, 0.3) is 0 Å². The second-order valence-corrected chi connectivity index (χ2v) is 5.01. The first kappa shape index (κ1) is 10.3. The Kier molecular flexibility index (Phi) is 1.98. The minimum absolute atomic E-state index is 0.0296. The van der Waals surface area contributed by atoms with Crippen molar-refractivity contribution in [3.8, 4) is 11.5 Å². The third kappa shape index (κ3) is 1.47. The average molecular weight is 207 g/mol. The van der Waals surface area contributed by atoms with E-state index in [9.17, 15) is 10.2 Å². The zero-order valence-corrected chi connectivity index (χ0v) is 9.12. The molecule has 0 atom stereocenters. The lowest BCUT2D eigenvalue weighted by molar-refractivity contribution is 0.381. The van der Waals surface area contributed by atoms with Gasteiger partial charge < -0.3 is 15.9 Å². The SMILES string of the molecule is CC(C)(N)C1(c2ccc(O)c(O)c2)CC1. The first-order chi connectivity index (χ1) is 6.87. The lowest BCUT2D eigenvalue weighted by Gasteiger charge is -2.31. The number of phenolic OH excluding ortho intramolecular Hbond substituents is 2. The third-order valence-corrected chi connectivity index (χ3v) is 3.51. The molecule has 0 bridgehead atoms. The topological polar surface area (TPSA) is 66.5 Å². The van der Waals surface area contributed by atoms with Gasteiger partial charge in [0, 0.05) is 11.0 Å². The molecule has 3 nitrogen and oxygen atoms in total. The van der Waals surface area contributed by atoms with Crippen molar-refractivity contribution in [2.45, 2.75) is 37.6 Å². The molecule has 0 aliphatic heterocycles. The number of nitrogens with two attached hydrogens (primary N) is 1.